The first-order valence-electron chi connectivity index (χ1n) is 7.26. The van der Waals surface area contributed by atoms with Crippen molar-refractivity contribution in [2.45, 2.75) is 38.6 Å². The smallest absolute Gasteiger partial charge is 0.123 e. The maximum Gasteiger partial charge on any atom is 0.123 e. The number of hydrogen-bond donors (Lipinski definition) is 0. The van der Waals surface area contributed by atoms with E-state index < -0.39 is 0 Å². The topological polar surface area (TPSA) is 45.8 Å². The van der Waals surface area contributed by atoms with Gasteiger partial charge in [0.15, 0.2) is 0 Å². The van der Waals surface area contributed by atoms with Gasteiger partial charge in [0, 0.05) is 29.6 Å². The van der Waals surface area contributed by atoms with Gasteiger partial charge in [0.2, 0.25) is 0 Å². The molecular weight excluding hydrogens is 248 g/mol. The first-order valence-corrected chi connectivity index (χ1v) is 7.26. The maximum absolute atomic E-state index is 11.3. The van der Waals surface area contributed by atoms with E-state index in [4.69, 9.17) is 5.26 Å². The molecule has 2 atom stereocenters. The van der Waals surface area contributed by atoms with E-state index in [1.807, 2.05) is 18.2 Å². The molecule has 0 amide bonds. The summed E-state index contributed by atoms with van der Waals surface area (Å²) in [4.78, 5) is 11.3. The third-order valence-electron chi connectivity index (χ3n) is 4.53. The lowest BCUT2D eigenvalue weighted by Crippen LogP contribution is -2.06. The maximum atomic E-state index is 11.3. The number of aryl methyl sites for hydroxylation is 1. The largest absolute Gasteiger partial charge is 0.347 e. The molecule has 0 bridgehead atoms. The van der Waals surface area contributed by atoms with Crippen LogP contribution in [0.25, 0.3) is 10.9 Å². The molecule has 0 saturated heterocycles. The molecule has 1 saturated carbocycles. The summed E-state index contributed by atoms with van der Waals surface area (Å²) in [5.41, 5.74) is 3.10. The van der Waals surface area contributed by atoms with Gasteiger partial charge in [-0.15, -0.1) is 0 Å². The van der Waals surface area contributed by atoms with Gasteiger partial charge >= 0.3 is 0 Å². The number of carbonyl (C=O) groups is 1. The molecular formula is C17H18N2O. The number of nitriles is 1. The van der Waals surface area contributed by atoms with Crippen molar-refractivity contribution < 1.29 is 4.79 Å². The van der Waals surface area contributed by atoms with Crippen LogP contribution in [0.5, 0.6) is 0 Å². The molecule has 2 aromatic rings. The fraction of sp³-hybridized carbons (Fsp3) is 0.412. The highest BCUT2D eigenvalue weighted by Crippen LogP contribution is 2.42. The van der Waals surface area contributed by atoms with Gasteiger partial charge in [-0.2, -0.15) is 5.26 Å². The van der Waals surface area contributed by atoms with E-state index in [1.54, 1.807) is 0 Å². The van der Waals surface area contributed by atoms with Crippen molar-refractivity contribution >= 4 is 17.2 Å². The molecule has 102 valence electrons. The number of rotatable bonds is 3. The molecule has 20 heavy (non-hydrogen) atoms. The summed E-state index contributed by atoms with van der Waals surface area (Å²) in [6.07, 6.45) is 6.47. The summed E-state index contributed by atoms with van der Waals surface area (Å²) >= 11 is 0. The zero-order chi connectivity index (χ0) is 14.1. The highest BCUT2D eigenvalue weighted by Gasteiger charge is 2.30. The van der Waals surface area contributed by atoms with Crippen LogP contribution >= 0.6 is 0 Å². The van der Waals surface area contributed by atoms with Crippen LogP contribution in [0.3, 0.4) is 0 Å². The molecule has 0 N–H and O–H groups in total. The Kier molecular flexibility index (Phi) is 3.31. The fourth-order valence-corrected chi connectivity index (χ4v) is 3.49. The Morgan fingerprint density at radius 2 is 2.30 bits per heavy atom. The summed E-state index contributed by atoms with van der Waals surface area (Å²) in [6.45, 7) is 3.02. The Labute approximate surface area is 118 Å². The molecule has 2 unspecified atom stereocenters. The second-order valence-corrected chi connectivity index (χ2v) is 5.55. The van der Waals surface area contributed by atoms with Gasteiger partial charge in [-0.1, -0.05) is 6.42 Å². The lowest BCUT2D eigenvalue weighted by Gasteiger charge is -2.13. The molecule has 3 heteroatoms. The van der Waals surface area contributed by atoms with Gasteiger partial charge in [0.25, 0.3) is 0 Å². The molecule has 3 nitrogen and oxygen atoms in total. The second-order valence-electron chi connectivity index (χ2n) is 5.55. The summed E-state index contributed by atoms with van der Waals surface area (Å²) < 4.78 is 2.21. The van der Waals surface area contributed by atoms with E-state index in [-0.39, 0.29) is 5.92 Å². The Morgan fingerprint density at radius 3 is 3.00 bits per heavy atom. The summed E-state index contributed by atoms with van der Waals surface area (Å²) in [6, 6.07) is 8.06. The number of carbonyl (C=O) groups excluding carboxylic acids is 1. The first-order chi connectivity index (χ1) is 9.78. The van der Waals surface area contributed by atoms with Crippen molar-refractivity contribution in [2.24, 2.45) is 5.92 Å². The third kappa shape index (κ3) is 1.92. The van der Waals surface area contributed by atoms with E-state index in [1.165, 1.54) is 5.56 Å². The van der Waals surface area contributed by atoms with Crippen molar-refractivity contribution in [3.63, 3.8) is 0 Å². The van der Waals surface area contributed by atoms with E-state index in [9.17, 15) is 4.79 Å². The fourth-order valence-electron chi connectivity index (χ4n) is 3.49. The number of benzene rings is 1. The molecule has 1 aromatic carbocycles. The molecule has 1 aliphatic carbocycles. The van der Waals surface area contributed by atoms with Crippen molar-refractivity contribution in [3.8, 4) is 6.07 Å². The van der Waals surface area contributed by atoms with Crippen molar-refractivity contribution in [3.05, 3.63) is 35.5 Å². The van der Waals surface area contributed by atoms with Crippen LogP contribution in [-0.4, -0.2) is 10.9 Å². The molecule has 1 aliphatic rings. The first kappa shape index (κ1) is 12.9. The number of aromatic nitrogens is 1. The lowest BCUT2D eigenvalue weighted by molar-refractivity contribution is -0.111. The van der Waals surface area contributed by atoms with Gasteiger partial charge in [0.1, 0.15) is 6.29 Å². The molecule has 0 radical (unpaired) electrons. The molecule has 1 heterocycles. The van der Waals surface area contributed by atoms with Crippen LogP contribution < -0.4 is 0 Å². The van der Waals surface area contributed by atoms with Gasteiger partial charge < -0.3 is 9.36 Å². The number of nitrogens with zero attached hydrogens (tertiary/aromatic N) is 2. The van der Waals surface area contributed by atoms with E-state index in [0.717, 1.165) is 43.0 Å². The molecule has 0 aliphatic heterocycles. The molecule has 3 rings (SSSR count). The van der Waals surface area contributed by atoms with Crippen LogP contribution in [0.1, 0.15) is 43.2 Å². The number of hydrogen-bond acceptors (Lipinski definition) is 2. The van der Waals surface area contributed by atoms with Gasteiger partial charge in [-0.3, -0.25) is 0 Å². The van der Waals surface area contributed by atoms with Gasteiger partial charge in [-0.25, -0.2) is 0 Å². The van der Waals surface area contributed by atoms with E-state index >= 15 is 0 Å². The average Bonchev–Trinajstić information content (AvgIpc) is 3.09. The van der Waals surface area contributed by atoms with Gasteiger partial charge in [-0.05, 0) is 49.4 Å². The third-order valence-corrected chi connectivity index (χ3v) is 4.53. The minimum Gasteiger partial charge on any atom is -0.347 e. The summed E-state index contributed by atoms with van der Waals surface area (Å²) in [5, 5.41) is 10.2. The second kappa shape index (κ2) is 5.13. The van der Waals surface area contributed by atoms with Crippen molar-refractivity contribution in [2.75, 3.05) is 0 Å². The predicted molar refractivity (Wildman–Crippen MR) is 78.5 cm³/mol. The Morgan fingerprint density at radius 1 is 1.45 bits per heavy atom. The van der Waals surface area contributed by atoms with E-state index in [0.29, 0.717) is 11.5 Å². The standard InChI is InChI=1S/C17H18N2O/c1-2-19-10-16(14-5-3-4-13(14)11-20)15-8-12(9-18)6-7-17(15)19/h6-8,10-11,13-14H,2-5H2,1H3. The molecule has 0 spiro atoms. The van der Waals surface area contributed by atoms with Crippen LogP contribution in [0.4, 0.5) is 0 Å². The predicted octanol–water partition coefficient (Wildman–Crippen LogP) is 3.62. The van der Waals surface area contributed by atoms with Crippen LogP contribution in [0.15, 0.2) is 24.4 Å². The van der Waals surface area contributed by atoms with Crippen LogP contribution in [0, 0.1) is 17.2 Å². The normalized spacial score (nSPS) is 22.0. The average molecular weight is 266 g/mol. The molecule has 1 fully saturated rings. The Bertz CT molecular complexity index is 693. The lowest BCUT2D eigenvalue weighted by atomic mass is 9.89. The zero-order valence-electron chi connectivity index (χ0n) is 11.7. The number of fused-ring (bicyclic) bond motifs is 1. The van der Waals surface area contributed by atoms with Crippen LogP contribution in [-0.2, 0) is 11.3 Å². The number of aldehydes is 1. The summed E-state index contributed by atoms with van der Waals surface area (Å²) in [7, 11) is 0. The monoisotopic (exact) mass is 266 g/mol. The highest BCUT2D eigenvalue weighted by atomic mass is 16.1. The van der Waals surface area contributed by atoms with Crippen molar-refractivity contribution in [1.29, 1.82) is 5.26 Å². The zero-order valence-corrected chi connectivity index (χ0v) is 11.7. The quantitative estimate of drug-likeness (QED) is 0.796. The molecule has 1 aromatic heterocycles. The Balaban J connectivity index is 2.19. The minimum atomic E-state index is 0.136. The minimum absolute atomic E-state index is 0.136. The highest BCUT2D eigenvalue weighted by molar-refractivity contribution is 5.86. The van der Waals surface area contributed by atoms with Crippen molar-refractivity contribution in [1.82, 2.24) is 4.57 Å². The Hall–Kier alpha value is -2.08. The SMILES string of the molecule is CCn1cc(C2CCCC2C=O)c2cc(C#N)ccc21. The summed E-state index contributed by atoms with van der Waals surface area (Å²) in [5.74, 6) is 0.452. The van der Waals surface area contributed by atoms with E-state index in [2.05, 4.69) is 23.8 Å². The van der Waals surface area contributed by atoms with Gasteiger partial charge in [0.05, 0.1) is 11.6 Å². The van der Waals surface area contributed by atoms with Crippen LogP contribution in [0.2, 0.25) is 0 Å².